The lowest BCUT2D eigenvalue weighted by molar-refractivity contribution is -0.0902. The fourth-order valence-corrected chi connectivity index (χ4v) is 0.775. The molecular formula is C10H23NO4. The number of methoxy groups -OCH3 is 1. The monoisotopic (exact) mass is 221 g/mol. The Morgan fingerprint density at radius 3 is 2.47 bits per heavy atom. The topological polar surface area (TPSA) is 60.0 Å². The number of hydroxylamine groups is 1. The number of rotatable bonds is 8. The van der Waals surface area contributed by atoms with Crippen LogP contribution in [0.15, 0.2) is 0 Å². The first-order valence-electron chi connectivity index (χ1n) is 5.11. The van der Waals surface area contributed by atoms with Crippen LogP contribution >= 0.6 is 0 Å². The van der Waals surface area contributed by atoms with Crippen LogP contribution in [-0.2, 0) is 14.3 Å². The van der Waals surface area contributed by atoms with Crippen LogP contribution in [0.4, 0.5) is 0 Å². The van der Waals surface area contributed by atoms with E-state index in [-0.39, 0.29) is 12.2 Å². The Morgan fingerprint density at radius 1 is 1.27 bits per heavy atom. The molecule has 0 amide bonds. The van der Waals surface area contributed by atoms with Crippen molar-refractivity contribution in [1.82, 2.24) is 5.48 Å². The Labute approximate surface area is 91.7 Å². The van der Waals surface area contributed by atoms with Crippen LogP contribution in [0.1, 0.15) is 20.8 Å². The molecule has 5 heteroatoms. The van der Waals surface area contributed by atoms with Gasteiger partial charge in [-0.15, -0.1) is 0 Å². The molecule has 15 heavy (non-hydrogen) atoms. The molecule has 0 aromatic rings. The van der Waals surface area contributed by atoms with Gasteiger partial charge in [-0.2, -0.15) is 5.48 Å². The zero-order valence-corrected chi connectivity index (χ0v) is 10.1. The molecule has 1 unspecified atom stereocenters. The van der Waals surface area contributed by atoms with E-state index >= 15 is 0 Å². The zero-order valence-electron chi connectivity index (χ0n) is 10.1. The highest BCUT2D eigenvalue weighted by Gasteiger charge is 2.11. The van der Waals surface area contributed by atoms with Gasteiger partial charge in [-0.1, -0.05) is 0 Å². The maximum Gasteiger partial charge on any atom is 0.0920 e. The second kappa shape index (κ2) is 8.01. The fraction of sp³-hybridized carbons (Fsp3) is 1.00. The summed E-state index contributed by atoms with van der Waals surface area (Å²) < 4.78 is 9.95. The van der Waals surface area contributed by atoms with Gasteiger partial charge in [0, 0.05) is 13.7 Å². The number of hydrogen-bond donors (Lipinski definition) is 2. The molecule has 0 aliphatic heterocycles. The second-order valence-electron chi connectivity index (χ2n) is 4.28. The van der Waals surface area contributed by atoms with E-state index in [1.165, 1.54) is 0 Å². The van der Waals surface area contributed by atoms with Gasteiger partial charge in [0.1, 0.15) is 0 Å². The normalized spacial score (nSPS) is 14.2. The molecule has 0 saturated carbocycles. The molecule has 0 spiro atoms. The highest BCUT2D eigenvalue weighted by atomic mass is 16.7. The van der Waals surface area contributed by atoms with Crippen LogP contribution in [0.5, 0.6) is 0 Å². The first-order valence-corrected chi connectivity index (χ1v) is 5.11. The van der Waals surface area contributed by atoms with E-state index in [2.05, 4.69) is 5.48 Å². The minimum absolute atomic E-state index is 0.253. The van der Waals surface area contributed by atoms with E-state index < -0.39 is 6.10 Å². The molecule has 0 bridgehead atoms. The number of hydrogen-bond acceptors (Lipinski definition) is 5. The molecule has 1 atom stereocenters. The molecule has 0 aromatic heterocycles. The van der Waals surface area contributed by atoms with E-state index in [4.69, 9.17) is 14.3 Å². The molecule has 0 heterocycles. The van der Waals surface area contributed by atoms with Crippen LogP contribution in [-0.4, -0.2) is 50.3 Å². The summed E-state index contributed by atoms with van der Waals surface area (Å²) in [6.07, 6.45) is -0.566. The second-order valence-corrected chi connectivity index (χ2v) is 4.28. The lowest BCUT2D eigenvalue weighted by Gasteiger charge is -2.20. The number of ether oxygens (including phenoxy) is 2. The molecule has 2 N–H and O–H groups in total. The molecule has 0 aliphatic carbocycles. The molecule has 92 valence electrons. The first kappa shape index (κ1) is 14.8. The summed E-state index contributed by atoms with van der Waals surface area (Å²) in [6.45, 7) is 7.46. The van der Waals surface area contributed by atoms with Crippen LogP contribution in [0.2, 0.25) is 0 Å². The van der Waals surface area contributed by atoms with Crippen LogP contribution in [0, 0.1) is 0 Å². The van der Waals surface area contributed by atoms with E-state index in [9.17, 15) is 5.11 Å². The molecule has 0 aliphatic rings. The summed E-state index contributed by atoms with van der Waals surface area (Å²) in [7, 11) is 1.61. The molecule has 0 rings (SSSR count). The van der Waals surface area contributed by atoms with Crippen molar-refractivity contribution in [3.05, 3.63) is 0 Å². The van der Waals surface area contributed by atoms with Crippen LogP contribution in [0.3, 0.4) is 0 Å². The number of aliphatic hydroxyl groups excluding tert-OH is 1. The standard InChI is InChI=1S/C10H23NO4/c1-10(2,3)15-11-7-9(12)8-14-6-5-13-4/h9,11-12H,5-8H2,1-4H3. The first-order chi connectivity index (χ1) is 6.95. The van der Waals surface area contributed by atoms with Crippen molar-refractivity contribution in [2.45, 2.75) is 32.5 Å². The largest absolute Gasteiger partial charge is 0.389 e. The van der Waals surface area contributed by atoms with Crippen molar-refractivity contribution in [3.8, 4) is 0 Å². The zero-order chi connectivity index (χ0) is 11.7. The van der Waals surface area contributed by atoms with Gasteiger partial charge in [-0.25, -0.2) is 0 Å². The Morgan fingerprint density at radius 2 is 1.93 bits per heavy atom. The third-order valence-corrected chi connectivity index (χ3v) is 1.44. The van der Waals surface area contributed by atoms with Crippen molar-refractivity contribution < 1.29 is 19.4 Å². The van der Waals surface area contributed by atoms with Crippen molar-refractivity contribution in [3.63, 3.8) is 0 Å². The Bertz CT molecular complexity index is 147. The minimum Gasteiger partial charge on any atom is -0.389 e. The maximum absolute atomic E-state index is 9.44. The Balaban J connectivity index is 3.29. The van der Waals surface area contributed by atoms with Crippen molar-refractivity contribution in [2.24, 2.45) is 0 Å². The predicted octanol–water partition coefficient (Wildman–Crippen LogP) is 0.330. The van der Waals surface area contributed by atoms with E-state index in [0.717, 1.165) is 0 Å². The fourth-order valence-electron chi connectivity index (χ4n) is 0.775. The van der Waals surface area contributed by atoms with Gasteiger partial charge < -0.3 is 14.6 Å². The lowest BCUT2D eigenvalue weighted by Crippen LogP contribution is -2.36. The molecule has 0 aromatic carbocycles. The number of aliphatic hydroxyl groups is 1. The average molecular weight is 221 g/mol. The molecule has 0 radical (unpaired) electrons. The van der Waals surface area contributed by atoms with Gasteiger partial charge in [-0.3, -0.25) is 4.84 Å². The molecule has 0 saturated heterocycles. The molecule has 5 nitrogen and oxygen atoms in total. The van der Waals surface area contributed by atoms with Crippen LogP contribution < -0.4 is 5.48 Å². The predicted molar refractivity (Wildman–Crippen MR) is 57.5 cm³/mol. The van der Waals surface area contributed by atoms with E-state index in [0.29, 0.717) is 19.8 Å². The van der Waals surface area contributed by atoms with Gasteiger partial charge in [0.2, 0.25) is 0 Å². The van der Waals surface area contributed by atoms with Gasteiger partial charge in [-0.05, 0) is 20.8 Å². The summed E-state index contributed by atoms with van der Waals surface area (Å²) >= 11 is 0. The summed E-state index contributed by atoms with van der Waals surface area (Å²) in [5.41, 5.74) is 2.45. The van der Waals surface area contributed by atoms with Gasteiger partial charge in [0.25, 0.3) is 0 Å². The third-order valence-electron chi connectivity index (χ3n) is 1.44. The highest BCUT2D eigenvalue weighted by molar-refractivity contribution is 4.59. The van der Waals surface area contributed by atoms with Crippen molar-refractivity contribution >= 4 is 0 Å². The van der Waals surface area contributed by atoms with E-state index in [1.807, 2.05) is 20.8 Å². The summed E-state index contributed by atoms with van der Waals surface area (Å²) in [5, 5.41) is 9.44. The highest BCUT2D eigenvalue weighted by Crippen LogP contribution is 2.03. The smallest absolute Gasteiger partial charge is 0.0920 e. The lowest BCUT2D eigenvalue weighted by atomic mass is 10.2. The SMILES string of the molecule is COCCOCC(O)CNOC(C)(C)C. The molecule has 0 fully saturated rings. The summed E-state index contributed by atoms with van der Waals surface area (Å²) in [5.74, 6) is 0. The third kappa shape index (κ3) is 11.7. The Kier molecular flexibility index (Phi) is 7.90. The van der Waals surface area contributed by atoms with Crippen molar-refractivity contribution in [1.29, 1.82) is 0 Å². The maximum atomic E-state index is 9.44. The van der Waals surface area contributed by atoms with Crippen LogP contribution in [0.25, 0.3) is 0 Å². The van der Waals surface area contributed by atoms with Gasteiger partial charge >= 0.3 is 0 Å². The summed E-state index contributed by atoms with van der Waals surface area (Å²) in [6, 6.07) is 0. The average Bonchev–Trinajstić information content (AvgIpc) is 2.10. The van der Waals surface area contributed by atoms with Gasteiger partial charge in [0.15, 0.2) is 0 Å². The van der Waals surface area contributed by atoms with E-state index in [1.54, 1.807) is 7.11 Å². The molecular weight excluding hydrogens is 198 g/mol. The van der Waals surface area contributed by atoms with Gasteiger partial charge in [0.05, 0.1) is 31.5 Å². The Hall–Kier alpha value is -0.200. The summed E-state index contributed by atoms with van der Waals surface area (Å²) in [4.78, 5) is 5.24. The van der Waals surface area contributed by atoms with Crippen molar-refractivity contribution in [2.75, 3.05) is 33.5 Å². The number of nitrogens with one attached hydrogen (secondary N) is 1. The minimum atomic E-state index is -0.566. The quantitative estimate of drug-likeness (QED) is 0.457.